The standard InChI is InChI=1S/C71H138O17P2/c1-8-9-10-35-45-52-68(73)81-58-66(87-70(75)54-47-40-33-27-21-15-12-18-24-30-37-43-50-63(4)5)60-85-89(77,78)83-56-65(72)57-84-90(79,80)86-61-67(88-71(76)55-48-41-34-28-22-16-13-19-25-31-38-44-51-64(6)7)59-82-69(74)53-46-39-32-26-20-14-11-17-23-29-36-42-49-62(2)3/h62-67,72H,8-61H2,1-7H3,(H,77,78)(H,79,80)/t65-,66+,67+/m0/s1. The fraction of sp³-hybridized carbons (Fsp3) is 0.944. The van der Waals surface area contributed by atoms with E-state index in [1.54, 1.807) is 0 Å². The minimum absolute atomic E-state index is 0.106. The van der Waals surface area contributed by atoms with E-state index in [0.717, 1.165) is 114 Å². The number of hydrogen-bond acceptors (Lipinski definition) is 15. The van der Waals surface area contributed by atoms with Crippen LogP contribution in [0.3, 0.4) is 0 Å². The van der Waals surface area contributed by atoms with Crippen LogP contribution in [0.25, 0.3) is 0 Å². The molecule has 0 fully saturated rings. The van der Waals surface area contributed by atoms with E-state index < -0.39 is 97.5 Å². The number of phosphoric ester groups is 2. The molecule has 0 spiro atoms. The van der Waals surface area contributed by atoms with Crippen molar-refractivity contribution in [2.24, 2.45) is 17.8 Å². The first-order valence-electron chi connectivity index (χ1n) is 36.8. The van der Waals surface area contributed by atoms with E-state index in [2.05, 4.69) is 48.5 Å². The maximum Gasteiger partial charge on any atom is 0.472 e. The molecule has 0 rings (SSSR count). The summed E-state index contributed by atoms with van der Waals surface area (Å²) in [6.07, 6.45) is 46.1. The molecule has 0 aliphatic carbocycles. The molecule has 0 amide bonds. The number of aliphatic hydroxyl groups is 1. The fourth-order valence-corrected chi connectivity index (χ4v) is 12.3. The van der Waals surface area contributed by atoms with Gasteiger partial charge in [-0.05, 0) is 43.4 Å². The predicted molar refractivity (Wildman–Crippen MR) is 363 cm³/mol. The number of unbranched alkanes of at least 4 members (excludes halogenated alkanes) is 37. The van der Waals surface area contributed by atoms with Crippen molar-refractivity contribution < 1.29 is 80.2 Å². The predicted octanol–water partition coefficient (Wildman–Crippen LogP) is 20.2. The molecule has 0 aromatic rings. The third-order valence-electron chi connectivity index (χ3n) is 16.4. The second-order valence-corrected chi connectivity index (χ2v) is 30.0. The van der Waals surface area contributed by atoms with E-state index in [4.69, 9.17) is 37.0 Å². The molecule has 0 aliphatic rings. The van der Waals surface area contributed by atoms with E-state index in [1.807, 2.05) is 0 Å². The van der Waals surface area contributed by atoms with Crippen molar-refractivity contribution in [2.75, 3.05) is 39.6 Å². The number of ether oxygens (including phenoxy) is 4. The van der Waals surface area contributed by atoms with Crippen molar-refractivity contribution in [3.63, 3.8) is 0 Å². The molecule has 0 aromatic heterocycles. The molecule has 2 unspecified atom stereocenters. The highest BCUT2D eigenvalue weighted by Gasteiger charge is 2.30. The Morgan fingerprint density at radius 2 is 0.511 bits per heavy atom. The summed E-state index contributed by atoms with van der Waals surface area (Å²) in [4.78, 5) is 72.3. The van der Waals surface area contributed by atoms with Gasteiger partial charge in [0.15, 0.2) is 12.2 Å². The molecule has 90 heavy (non-hydrogen) atoms. The normalized spacial score (nSPS) is 14.2. The van der Waals surface area contributed by atoms with Crippen LogP contribution in [0.15, 0.2) is 0 Å². The Morgan fingerprint density at radius 1 is 0.300 bits per heavy atom. The summed E-state index contributed by atoms with van der Waals surface area (Å²) in [6.45, 7) is 11.8. The Hall–Kier alpha value is -1.94. The third-order valence-corrected chi connectivity index (χ3v) is 18.3. The zero-order chi connectivity index (χ0) is 66.6. The Bertz CT molecular complexity index is 1770. The Labute approximate surface area is 549 Å². The highest BCUT2D eigenvalue weighted by Crippen LogP contribution is 2.45. The highest BCUT2D eigenvalue weighted by atomic mass is 31.2. The van der Waals surface area contributed by atoms with Crippen LogP contribution in [-0.4, -0.2) is 96.7 Å². The molecular formula is C71H138O17P2. The van der Waals surface area contributed by atoms with Crippen molar-refractivity contribution >= 4 is 39.5 Å². The average molecular weight is 1330 g/mol. The molecule has 5 atom stereocenters. The Balaban J connectivity index is 5.16. The van der Waals surface area contributed by atoms with Crippen LogP contribution in [0.4, 0.5) is 0 Å². The van der Waals surface area contributed by atoms with Crippen LogP contribution in [0.1, 0.15) is 357 Å². The number of phosphoric acid groups is 2. The van der Waals surface area contributed by atoms with Crippen LogP contribution in [0, 0.1) is 17.8 Å². The van der Waals surface area contributed by atoms with Crippen LogP contribution < -0.4 is 0 Å². The average Bonchev–Trinajstić information content (AvgIpc) is 3.70. The smallest absolute Gasteiger partial charge is 0.462 e. The number of hydrogen-bond donors (Lipinski definition) is 3. The van der Waals surface area contributed by atoms with Crippen molar-refractivity contribution in [3.05, 3.63) is 0 Å². The van der Waals surface area contributed by atoms with Gasteiger partial charge in [-0.15, -0.1) is 0 Å². The van der Waals surface area contributed by atoms with E-state index in [1.165, 1.54) is 161 Å². The summed E-state index contributed by atoms with van der Waals surface area (Å²) >= 11 is 0. The lowest BCUT2D eigenvalue weighted by molar-refractivity contribution is -0.161. The quantitative estimate of drug-likeness (QED) is 0.0222. The third kappa shape index (κ3) is 64.8. The number of carbonyl (C=O) groups is 4. The van der Waals surface area contributed by atoms with Gasteiger partial charge in [0.1, 0.15) is 19.3 Å². The molecular weight excluding hydrogens is 1190 g/mol. The monoisotopic (exact) mass is 1320 g/mol. The van der Waals surface area contributed by atoms with Gasteiger partial charge in [0, 0.05) is 25.7 Å². The van der Waals surface area contributed by atoms with E-state index in [0.29, 0.717) is 25.7 Å². The lowest BCUT2D eigenvalue weighted by Gasteiger charge is -2.21. The van der Waals surface area contributed by atoms with Crippen molar-refractivity contribution in [3.8, 4) is 0 Å². The Morgan fingerprint density at radius 3 is 0.756 bits per heavy atom. The topological polar surface area (TPSA) is 237 Å². The zero-order valence-electron chi connectivity index (χ0n) is 58.6. The molecule has 0 heterocycles. The van der Waals surface area contributed by atoms with Crippen LogP contribution in [0.2, 0.25) is 0 Å². The molecule has 3 N–H and O–H groups in total. The first kappa shape index (κ1) is 88.1. The molecule has 0 radical (unpaired) electrons. The van der Waals surface area contributed by atoms with Crippen molar-refractivity contribution in [1.82, 2.24) is 0 Å². The number of esters is 4. The zero-order valence-corrected chi connectivity index (χ0v) is 60.4. The Kier molecular flexibility index (Phi) is 60.6. The molecule has 0 saturated heterocycles. The van der Waals surface area contributed by atoms with Gasteiger partial charge in [-0.2, -0.15) is 0 Å². The molecule has 0 aliphatic heterocycles. The van der Waals surface area contributed by atoms with Crippen molar-refractivity contribution in [2.45, 2.75) is 375 Å². The summed E-state index contributed by atoms with van der Waals surface area (Å²) < 4.78 is 68.1. The lowest BCUT2D eigenvalue weighted by atomic mass is 10.0. The van der Waals surface area contributed by atoms with Gasteiger partial charge in [0.05, 0.1) is 26.4 Å². The van der Waals surface area contributed by atoms with Crippen LogP contribution in [0.5, 0.6) is 0 Å². The minimum atomic E-state index is -4.95. The number of rotatable bonds is 69. The first-order chi connectivity index (χ1) is 43.2. The SMILES string of the molecule is CCCCCCCC(=O)OC[C@H](COP(=O)(O)OC[C@H](O)COP(=O)(O)OC[C@@H](COC(=O)CCCCCCCCCCCCCCC(C)C)OC(=O)CCCCCCCCCCCCCCC(C)C)OC(=O)CCCCCCCCCCCCCCC(C)C. The summed E-state index contributed by atoms with van der Waals surface area (Å²) in [6, 6.07) is 0. The first-order valence-corrected chi connectivity index (χ1v) is 39.8. The summed E-state index contributed by atoms with van der Waals surface area (Å²) in [5, 5.41) is 10.6. The van der Waals surface area contributed by atoms with Crippen molar-refractivity contribution in [1.29, 1.82) is 0 Å². The molecule has 17 nitrogen and oxygen atoms in total. The second kappa shape index (κ2) is 61.9. The van der Waals surface area contributed by atoms with Crippen LogP contribution >= 0.6 is 15.6 Å². The summed E-state index contributed by atoms with van der Waals surface area (Å²) in [7, 11) is -9.89. The maximum absolute atomic E-state index is 13.0. The molecule has 0 aromatic carbocycles. The summed E-state index contributed by atoms with van der Waals surface area (Å²) in [5.41, 5.74) is 0. The second-order valence-electron chi connectivity index (χ2n) is 27.1. The lowest BCUT2D eigenvalue weighted by Crippen LogP contribution is -2.30. The van der Waals surface area contributed by atoms with Gasteiger partial charge < -0.3 is 33.8 Å². The summed E-state index contributed by atoms with van der Waals surface area (Å²) in [5.74, 6) is 0.201. The fourth-order valence-electron chi connectivity index (χ4n) is 10.7. The van der Waals surface area contributed by atoms with E-state index in [-0.39, 0.29) is 25.7 Å². The largest absolute Gasteiger partial charge is 0.472 e. The van der Waals surface area contributed by atoms with Gasteiger partial charge in [-0.25, -0.2) is 9.13 Å². The molecule has 0 bridgehead atoms. The van der Waals surface area contributed by atoms with E-state index in [9.17, 15) is 43.2 Å². The molecule has 0 saturated carbocycles. The van der Waals surface area contributed by atoms with Gasteiger partial charge in [-0.3, -0.25) is 37.3 Å². The van der Waals surface area contributed by atoms with Gasteiger partial charge in [-0.1, -0.05) is 305 Å². The highest BCUT2D eigenvalue weighted by molar-refractivity contribution is 7.47. The van der Waals surface area contributed by atoms with Gasteiger partial charge in [0.2, 0.25) is 0 Å². The number of carbonyl (C=O) groups excluding carboxylic acids is 4. The minimum Gasteiger partial charge on any atom is -0.462 e. The van der Waals surface area contributed by atoms with Gasteiger partial charge >= 0.3 is 39.5 Å². The molecule has 534 valence electrons. The van der Waals surface area contributed by atoms with Crippen LogP contribution in [-0.2, 0) is 65.4 Å². The van der Waals surface area contributed by atoms with Gasteiger partial charge in [0.25, 0.3) is 0 Å². The number of aliphatic hydroxyl groups excluding tert-OH is 1. The van der Waals surface area contributed by atoms with E-state index >= 15 is 0 Å². The maximum atomic E-state index is 13.0. The molecule has 19 heteroatoms.